The fourth-order valence-corrected chi connectivity index (χ4v) is 3.36. The molecule has 4 rings (SSSR count). The highest BCUT2D eigenvalue weighted by Gasteiger charge is 2.25. The van der Waals surface area contributed by atoms with E-state index >= 15 is 0 Å². The highest BCUT2D eigenvalue weighted by Crippen LogP contribution is 2.18. The molecule has 0 spiro atoms. The second-order valence-corrected chi connectivity index (χ2v) is 6.42. The first-order valence-electron chi connectivity index (χ1n) is 8.71. The lowest BCUT2D eigenvalue weighted by atomic mass is 10.1. The van der Waals surface area contributed by atoms with Crippen LogP contribution in [0.3, 0.4) is 0 Å². The Bertz CT molecular complexity index is 964. The van der Waals surface area contributed by atoms with Crippen LogP contribution in [0.1, 0.15) is 16.8 Å². The predicted octanol–water partition coefficient (Wildman–Crippen LogP) is 1.66. The van der Waals surface area contributed by atoms with Gasteiger partial charge >= 0.3 is 0 Å². The van der Waals surface area contributed by atoms with E-state index in [1.807, 2.05) is 30.5 Å². The largest absolute Gasteiger partial charge is 0.374 e. The molecule has 0 radical (unpaired) electrons. The second-order valence-electron chi connectivity index (χ2n) is 6.42. The summed E-state index contributed by atoms with van der Waals surface area (Å²) in [6.07, 6.45) is 4.24. The Morgan fingerprint density at radius 1 is 1.31 bits per heavy atom. The number of nitrogens with zero attached hydrogens (tertiary/aromatic N) is 3. The van der Waals surface area contributed by atoms with Crippen LogP contribution in [0.2, 0.25) is 0 Å². The first kappa shape index (κ1) is 16.5. The van der Waals surface area contributed by atoms with Crippen molar-refractivity contribution in [3.05, 3.63) is 64.7 Å². The Kier molecular flexibility index (Phi) is 4.53. The van der Waals surface area contributed by atoms with Gasteiger partial charge in [0.1, 0.15) is 0 Å². The maximum atomic E-state index is 13.2. The van der Waals surface area contributed by atoms with Crippen LogP contribution in [0.5, 0.6) is 0 Å². The van der Waals surface area contributed by atoms with Crippen LogP contribution in [0.25, 0.3) is 10.9 Å². The third kappa shape index (κ3) is 3.39. The zero-order valence-corrected chi connectivity index (χ0v) is 14.3. The average molecular weight is 352 g/mol. The Balaban J connectivity index is 1.61. The predicted molar refractivity (Wildman–Crippen MR) is 97.1 cm³/mol. The number of nitrogens with one attached hydrogen (secondary N) is 1. The van der Waals surface area contributed by atoms with Gasteiger partial charge in [-0.3, -0.25) is 14.3 Å². The number of fused-ring (bicyclic) bond motifs is 1. The number of aromatic amines is 1. The summed E-state index contributed by atoms with van der Waals surface area (Å²) in [6.45, 7) is 2.27. The summed E-state index contributed by atoms with van der Waals surface area (Å²) in [5.74, 6) is -0.136. The molecule has 1 fully saturated rings. The van der Waals surface area contributed by atoms with E-state index in [0.717, 1.165) is 11.8 Å². The van der Waals surface area contributed by atoms with Crippen molar-refractivity contribution in [3.8, 4) is 0 Å². The number of hydrogen-bond acceptors (Lipinski definition) is 4. The number of carbonyl (C=O) groups is 1. The number of benzene rings is 1. The van der Waals surface area contributed by atoms with Gasteiger partial charge in [0.05, 0.1) is 18.2 Å². The maximum absolute atomic E-state index is 13.2. The van der Waals surface area contributed by atoms with Gasteiger partial charge in [0, 0.05) is 49.1 Å². The van der Waals surface area contributed by atoms with Gasteiger partial charge in [0.2, 0.25) is 5.56 Å². The van der Waals surface area contributed by atoms with E-state index in [0.29, 0.717) is 37.3 Å². The molecule has 1 aromatic carbocycles. The van der Waals surface area contributed by atoms with Gasteiger partial charge < -0.3 is 14.6 Å². The molecule has 1 amide bonds. The number of pyridine rings is 1. The number of para-hydroxylation sites is 1. The molecule has 7 heteroatoms. The minimum Gasteiger partial charge on any atom is -0.374 e. The SMILES string of the molecule is O=C(c1cc(=O)[nH]c2ccccc12)N1CCCO[C@@H](Cn2cccn2)C1. The normalized spacial score (nSPS) is 18.0. The summed E-state index contributed by atoms with van der Waals surface area (Å²) in [5.41, 5.74) is 0.831. The smallest absolute Gasteiger partial charge is 0.254 e. The summed E-state index contributed by atoms with van der Waals surface area (Å²) in [7, 11) is 0. The molecule has 1 atom stereocenters. The fraction of sp³-hybridized carbons (Fsp3) is 0.316. The third-order valence-corrected chi connectivity index (χ3v) is 4.57. The van der Waals surface area contributed by atoms with E-state index < -0.39 is 0 Å². The maximum Gasteiger partial charge on any atom is 0.254 e. The first-order chi connectivity index (χ1) is 12.7. The van der Waals surface area contributed by atoms with Gasteiger partial charge in [-0.15, -0.1) is 0 Å². The Morgan fingerprint density at radius 2 is 2.19 bits per heavy atom. The molecule has 3 heterocycles. The van der Waals surface area contributed by atoms with Crippen LogP contribution in [0.15, 0.2) is 53.6 Å². The van der Waals surface area contributed by atoms with Gasteiger partial charge in [-0.25, -0.2) is 0 Å². The molecule has 134 valence electrons. The number of H-pyrrole nitrogens is 1. The lowest BCUT2D eigenvalue weighted by molar-refractivity contribution is 0.0368. The van der Waals surface area contributed by atoms with E-state index in [4.69, 9.17) is 4.74 Å². The molecule has 1 saturated heterocycles. The molecule has 7 nitrogen and oxygen atoms in total. The quantitative estimate of drug-likeness (QED) is 0.777. The van der Waals surface area contributed by atoms with Gasteiger partial charge in [-0.2, -0.15) is 5.10 Å². The fourth-order valence-electron chi connectivity index (χ4n) is 3.36. The molecule has 1 aliphatic rings. The second kappa shape index (κ2) is 7.13. The first-order valence-corrected chi connectivity index (χ1v) is 8.71. The molecule has 0 bridgehead atoms. The number of hydrogen-bond donors (Lipinski definition) is 1. The monoisotopic (exact) mass is 352 g/mol. The van der Waals surface area contributed by atoms with Crippen molar-refractivity contribution in [3.63, 3.8) is 0 Å². The number of amides is 1. The third-order valence-electron chi connectivity index (χ3n) is 4.57. The molecule has 1 aliphatic heterocycles. The van der Waals surface area contributed by atoms with Crippen molar-refractivity contribution >= 4 is 16.8 Å². The number of aromatic nitrogens is 3. The zero-order valence-electron chi connectivity index (χ0n) is 14.3. The highest BCUT2D eigenvalue weighted by molar-refractivity contribution is 6.05. The van der Waals surface area contributed by atoms with Crippen molar-refractivity contribution < 1.29 is 9.53 Å². The van der Waals surface area contributed by atoms with E-state index in [2.05, 4.69) is 10.1 Å². The summed E-state index contributed by atoms with van der Waals surface area (Å²) < 4.78 is 7.69. The molecule has 26 heavy (non-hydrogen) atoms. The van der Waals surface area contributed by atoms with Gasteiger partial charge in [-0.05, 0) is 18.6 Å². The van der Waals surface area contributed by atoms with Crippen LogP contribution < -0.4 is 5.56 Å². The van der Waals surface area contributed by atoms with Crippen molar-refractivity contribution in [1.29, 1.82) is 0 Å². The minimum atomic E-state index is -0.272. The summed E-state index contributed by atoms with van der Waals surface area (Å²) in [4.78, 5) is 29.7. The van der Waals surface area contributed by atoms with E-state index in [-0.39, 0.29) is 17.6 Å². The molecular formula is C19H20N4O3. The Morgan fingerprint density at radius 3 is 3.04 bits per heavy atom. The van der Waals surface area contributed by atoms with Crippen LogP contribution in [-0.4, -0.2) is 51.4 Å². The van der Waals surface area contributed by atoms with Crippen molar-refractivity contribution in [2.75, 3.05) is 19.7 Å². The molecule has 1 N–H and O–H groups in total. The van der Waals surface area contributed by atoms with Crippen molar-refractivity contribution in [1.82, 2.24) is 19.7 Å². The Hall–Kier alpha value is -2.93. The van der Waals surface area contributed by atoms with E-state index in [1.165, 1.54) is 6.07 Å². The lowest BCUT2D eigenvalue weighted by Crippen LogP contribution is -2.39. The summed E-state index contributed by atoms with van der Waals surface area (Å²) in [6, 6.07) is 10.6. The van der Waals surface area contributed by atoms with Gasteiger partial charge in [0.15, 0.2) is 0 Å². The standard InChI is InChI=1S/C19H20N4O3/c24-18-11-16(15-5-1-2-6-17(15)21-18)19(25)22-8-4-10-26-14(12-22)13-23-9-3-7-20-23/h1-3,5-7,9,11,14H,4,8,10,12-13H2,(H,21,24)/t14-/m1/s1. The van der Waals surface area contributed by atoms with Gasteiger partial charge in [-0.1, -0.05) is 18.2 Å². The molecule has 0 aliphatic carbocycles. The minimum absolute atomic E-state index is 0.130. The average Bonchev–Trinajstić information content (AvgIpc) is 3.04. The molecule has 0 unspecified atom stereocenters. The molecule has 3 aromatic rings. The Labute approximate surface area is 150 Å². The number of rotatable bonds is 3. The van der Waals surface area contributed by atoms with Crippen molar-refractivity contribution in [2.24, 2.45) is 0 Å². The van der Waals surface area contributed by atoms with Crippen LogP contribution >= 0.6 is 0 Å². The summed E-state index contributed by atoms with van der Waals surface area (Å²) in [5, 5.41) is 4.96. The van der Waals surface area contributed by atoms with Crippen molar-refractivity contribution in [2.45, 2.75) is 19.1 Å². The van der Waals surface area contributed by atoms with E-state index in [9.17, 15) is 9.59 Å². The molecule has 0 saturated carbocycles. The number of ether oxygens (including phenoxy) is 1. The summed E-state index contributed by atoms with van der Waals surface area (Å²) >= 11 is 0. The topological polar surface area (TPSA) is 80.2 Å². The molecule has 2 aromatic heterocycles. The van der Waals surface area contributed by atoms with Crippen LogP contribution in [-0.2, 0) is 11.3 Å². The van der Waals surface area contributed by atoms with E-state index in [1.54, 1.807) is 21.8 Å². The number of carbonyl (C=O) groups excluding carboxylic acids is 1. The van der Waals surface area contributed by atoms with Crippen LogP contribution in [0, 0.1) is 0 Å². The zero-order chi connectivity index (χ0) is 17.9. The highest BCUT2D eigenvalue weighted by atomic mass is 16.5. The lowest BCUT2D eigenvalue weighted by Gasteiger charge is -2.24. The molecular weight excluding hydrogens is 332 g/mol. The van der Waals surface area contributed by atoms with Crippen LogP contribution in [0.4, 0.5) is 0 Å². The van der Waals surface area contributed by atoms with Gasteiger partial charge in [0.25, 0.3) is 5.91 Å².